The Labute approximate surface area is 115 Å². The zero-order valence-corrected chi connectivity index (χ0v) is 12.0. The van der Waals surface area contributed by atoms with Crippen LogP contribution in [-0.2, 0) is 4.79 Å². The van der Waals surface area contributed by atoms with Crippen LogP contribution in [0.25, 0.3) is 0 Å². The quantitative estimate of drug-likeness (QED) is 0.664. The van der Waals surface area contributed by atoms with Crippen molar-refractivity contribution in [3.8, 4) is 0 Å². The molecule has 0 atom stereocenters. The van der Waals surface area contributed by atoms with Crippen LogP contribution >= 0.6 is 0 Å². The first-order chi connectivity index (χ1) is 9.04. The van der Waals surface area contributed by atoms with Gasteiger partial charge in [0.1, 0.15) is 0 Å². The lowest BCUT2D eigenvalue weighted by molar-refractivity contribution is -0.149. The molecule has 1 fully saturated rings. The van der Waals surface area contributed by atoms with Crippen LogP contribution in [0.15, 0.2) is 0 Å². The van der Waals surface area contributed by atoms with Gasteiger partial charge in [-0.25, -0.2) is 4.79 Å². The summed E-state index contributed by atoms with van der Waals surface area (Å²) in [5.41, 5.74) is -0.843. The third-order valence-corrected chi connectivity index (χ3v) is 4.42. The summed E-state index contributed by atoms with van der Waals surface area (Å²) in [6.07, 6.45) is 5.90. The minimum Gasteiger partial charge on any atom is -0.481 e. The fraction of sp³-hybridized carbons (Fsp3) is 0.857. The van der Waals surface area contributed by atoms with E-state index in [1.165, 1.54) is 25.7 Å². The Kier molecular flexibility index (Phi) is 6.12. The number of carbonyl (C=O) groups is 2. The lowest BCUT2D eigenvalue weighted by Crippen LogP contribution is -2.46. The molecular weight excluding hydrogens is 244 g/mol. The van der Waals surface area contributed by atoms with E-state index in [4.69, 9.17) is 0 Å². The molecule has 19 heavy (non-hydrogen) atoms. The molecule has 0 aliphatic heterocycles. The monoisotopic (exact) mass is 270 g/mol. The summed E-state index contributed by atoms with van der Waals surface area (Å²) < 4.78 is 0. The number of urea groups is 1. The van der Waals surface area contributed by atoms with Gasteiger partial charge >= 0.3 is 12.0 Å². The highest BCUT2D eigenvalue weighted by molar-refractivity contribution is 5.78. The van der Waals surface area contributed by atoms with Crippen LogP contribution in [0, 0.1) is 11.3 Å². The van der Waals surface area contributed by atoms with Crippen LogP contribution in [0.1, 0.15) is 52.4 Å². The molecule has 0 spiro atoms. The Morgan fingerprint density at radius 2 is 1.74 bits per heavy atom. The highest BCUT2D eigenvalue weighted by Crippen LogP contribution is 2.26. The molecule has 0 heterocycles. The minimum absolute atomic E-state index is 0.186. The lowest BCUT2D eigenvalue weighted by atomic mass is 9.82. The molecule has 1 rings (SSSR count). The fourth-order valence-corrected chi connectivity index (χ4v) is 2.64. The standard InChI is InChI=1S/C14H26N2O3/c1-3-14(4-2,12(17)18)10-16-13(19)15-9-11-7-5-6-8-11/h11H,3-10H2,1-2H3,(H,17,18)(H2,15,16,19). The van der Waals surface area contributed by atoms with Crippen LogP contribution < -0.4 is 10.6 Å². The molecule has 2 amide bonds. The molecule has 0 saturated heterocycles. The minimum atomic E-state index is -0.843. The molecular formula is C14H26N2O3. The molecule has 0 aromatic rings. The average Bonchev–Trinajstić information content (AvgIpc) is 2.91. The maximum Gasteiger partial charge on any atom is 0.314 e. The number of carboxylic acids is 1. The van der Waals surface area contributed by atoms with Gasteiger partial charge in [0.05, 0.1) is 5.41 Å². The Bertz CT molecular complexity index is 308. The summed E-state index contributed by atoms with van der Waals surface area (Å²) in [6, 6.07) is -0.251. The summed E-state index contributed by atoms with van der Waals surface area (Å²) in [6.45, 7) is 4.57. The van der Waals surface area contributed by atoms with Crippen molar-refractivity contribution in [2.75, 3.05) is 13.1 Å². The van der Waals surface area contributed by atoms with Crippen LogP contribution in [-0.4, -0.2) is 30.2 Å². The third kappa shape index (κ3) is 4.40. The first kappa shape index (κ1) is 15.8. The van der Waals surface area contributed by atoms with Crippen molar-refractivity contribution in [1.29, 1.82) is 0 Å². The van der Waals surface area contributed by atoms with Crippen LogP contribution in [0.4, 0.5) is 4.79 Å². The van der Waals surface area contributed by atoms with Gasteiger partial charge in [0.15, 0.2) is 0 Å². The number of rotatable bonds is 7. The summed E-state index contributed by atoms with van der Waals surface area (Å²) >= 11 is 0. The van der Waals surface area contributed by atoms with Gasteiger partial charge in [-0.1, -0.05) is 26.7 Å². The largest absolute Gasteiger partial charge is 0.481 e. The van der Waals surface area contributed by atoms with Crippen LogP contribution in [0.2, 0.25) is 0 Å². The van der Waals surface area contributed by atoms with Crippen molar-refractivity contribution in [2.24, 2.45) is 11.3 Å². The maximum absolute atomic E-state index is 11.7. The number of hydrogen-bond donors (Lipinski definition) is 3. The zero-order chi connectivity index (χ0) is 14.3. The second-order valence-corrected chi connectivity index (χ2v) is 5.51. The normalized spacial score (nSPS) is 16.3. The number of nitrogens with one attached hydrogen (secondary N) is 2. The van der Waals surface area contributed by atoms with Gasteiger partial charge in [-0.05, 0) is 31.6 Å². The van der Waals surface area contributed by atoms with Crippen molar-refractivity contribution in [2.45, 2.75) is 52.4 Å². The smallest absolute Gasteiger partial charge is 0.314 e. The van der Waals surface area contributed by atoms with Crippen molar-refractivity contribution < 1.29 is 14.7 Å². The molecule has 5 nitrogen and oxygen atoms in total. The average molecular weight is 270 g/mol. The van der Waals surface area contributed by atoms with Crippen LogP contribution in [0.3, 0.4) is 0 Å². The Balaban J connectivity index is 2.32. The molecule has 0 bridgehead atoms. The van der Waals surface area contributed by atoms with E-state index in [2.05, 4.69) is 10.6 Å². The molecule has 3 N–H and O–H groups in total. The fourth-order valence-electron chi connectivity index (χ4n) is 2.64. The van der Waals surface area contributed by atoms with E-state index in [1.807, 2.05) is 13.8 Å². The Morgan fingerprint density at radius 1 is 1.16 bits per heavy atom. The number of hydrogen-bond acceptors (Lipinski definition) is 2. The molecule has 1 aliphatic carbocycles. The molecule has 1 aliphatic rings. The predicted octanol–water partition coefficient (Wildman–Crippen LogP) is 2.37. The lowest BCUT2D eigenvalue weighted by Gasteiger charge is -2.27. The van der Waals surface area contributed by atoms with Gasteiger partial charge < -0.3 is 15.7 Å². The van der Waals surface area contributed by atoms with E-state index in [0.29, 0.717) is 25.3 Å². The first-order valence-corrected chi connectivity index (χ1v) is 7.29. The second-order valence-electron chi connectivity index (χ2n) is 5.51. The van der Waals surface area contributed by atoms with Crippen molar-refractivity contribution >= 4 is 12.0 Å². The van der Waals surface area contributed by atoms with E-state index in [1.54, 1.807) is 0 Å². The number of carboxylic acid groups (broad SMARTS) is 1. The summed E-state index contributed by atoms with van der Waals surface area (Å²) in [4.78, 5) is 23.0. The summed E-state index contributed by atoms with van der Waals surface area (Å²) in [7, 11) is 0. The highest BCUT2D eigenvalue weighted by Gasteiger charge is 2.35. The Morgan fingerprint density at radius 3 is 2.21 bits per heavy atom. The molecule has 0 radical (unpaired) electrons. The van der Waals surface area contributed by atoms with E-state index < -0.39 is 11.4 Å². The maximum atomic E-state index is 11.7. The van der Waals surface area contributed by atoms with Crippen molar-refractivity contribution in [3.05, 3.63) is 0 Å². The number of carbonyl (C=O) groups excluding carboxylic acids is 1. The molecule has 5 heteroatoms. The topological polar surface area (TPSA) is 78.4 Å². The van der Waals surface area contributed by atoms with Crippen LogP contribution in [0.5, 0.6) is 0 Å². The van der Waals surface area contributed by atoms with Gasteiger partial charge in [0.2, 0.25) is 0 Å². The van der Waals surface area contributed by atoms with Gasteiger partial charge in [-0.2, -0.15) is 0 Å². The summed E-state index contributed by atoms with van der Waals surface area (Å²) in [5, 5.41) is 14.8. The SMILES string of the molecule is CCC(CC)(CNC(=O)NCC1CCCC1)C(=O)O. The predicted molar refractivity (Wildman–Crippen MR) is 74.0 cm³/mol. The second kappa shape index (κ2) is 7.36. The van der Waals surface area contributed by atoms with E-state index in [0.717, 1.165) is 0 Å². The molecule has 110 valence electrons. The van der Waals surface area contributed by atoms with Crippen molar-refractivity contribution in [1.82, 2.24) is 10.6 Å². The van der Waals surface area contributed by atoms with Gasteiger partial charge in [0.25, 0.3) is 0 Å². The van der Waals surface area contributed by atoms with Gasteiger partial charge in [-0.15, -0.1) is 0 Å². The van der Waals surface area contributed by atoms with Crippen molar-refractivity contribution in [3.63, 3.8) is 0 Å². The summed E-state index contributed by atoms with van der Waals surface area (Å²) in [5.74, 6) is -0.249. The van der Waals surface area contributed by atoms with E-state index in [9.17, 15) is 14.7 Å². The van der Waals surface area contributed by atoms with Gasteiger partial charge in [0, 0.05) is 13.1 Å². The Hall–Kier alpha value is -1.26. The number of amides is 2. The number of aliphatic carboxylic acids is 1. The third-order valence-electron chi connectivity index (χ3n) is 4.42. The molecule has 0 aromatic heterocycles. The van der Waals surface area contributed by atoms with E-state index in [-0.39, 0.29) is 12.6 Å². The molecule has 0 unspecified atom stereocenters. The zero-order valence-electron chi connectivity index (χ0n) is 12.0. The molecule has 0 aromatic carbocycles. The van der Waals surface area contributed by atoms with E-state index >= 15 is 0 Å². The van der Waals surface area contributed by atoms with Gasteiger partial charge in [-0.3, -0.25) is 4.79 Å². The first-order valence-electron chi connectivity index (χ1n) is 7.29. The highest BCUT2D eigenvalue weighted by atomic mass is 16.4. The molecule has 1 saturated carbocycles.